The maximum atomic E-state index is 12.8. The molecular formula is C23H21F3N2O4. The van der Waals surface area contributed by atoms with E-state index in [1.54, 1.807) is 28.0 Å². The molecule has 9 heteroatoms. The van der Waals surface area contributed by atoms with Crippen LogP contribution in [0.1, 0.15) is 11.1 Å². The van der Waals surface area contributed by atoms with Gasteiger partial charge in [0.2, 0.25) is 12.0 Å². The lowest BCUT2D eigenvalue weighted by Gasteiger charge is -2.36. The topological polar surface area (TPSA) is 59.1 Å². The Kier molecular flexibility index (Phi) is 6.07. The maximum absolute atomic E-state index is 12.8. The molecular weight excluding hydrogens is 425 g/mol. The third kappa shape index (κ3) is 4.87. The van der Waals surface area contributed by atoms with Gasteiger partial charge in [0, 0.05) is 32.3 Å². The van der Waals surface area contributed by atoms with E-state index in [-0.39, 0.29) is 24.0 Å². The zero-order valence-corrected chi connectivity index (χ0v) is 17.0. The number of halogens is 3. The molecule has 0 saturated carbocycles. The van der Waals surface area contributed by atoms with E-state index in [1.807, 2.05) is 6.07 Å². The number of benzene rings is 2. The molecule has 168 valence electrons. The van der Waals surface area contributed by atoms with Crippen molar-refractivity contribution < 1.29 is 32.2 Å². The highest BCUT2D eigenvalue weighted by atomic mass is 19.4. The largest absolute Gasteiger partial charge is 0.485 e. The van der Waals surface area contributed by atoms with Crippen LogP contribution in [-0.4, -0.2) is 60.5 Å². The van der Waals surface area contributed by atoms with E-state index >= 15 is 0 Å². The van der Waals surface area contributed by atoms with Gasteiger partial charge in [-0.2, -0.15) is 13.2 Å². The summed E-state index contributed by atoms with van der Waals surface area (Å²) < 4.78 is 49.8. The lowest BCUT2D eigenvalue weighted by Crippen LogP contribution is -2.54. The van der Waals surface area contributed by atoms with E-state index < -0.39 is 17.8 Å². The fraction of sp³-hybridized carbons (Fsp3) is 0.304. The van der Waals surface area contributed by atoms with Gasteiger partial charge in [-0.05, 0) is 35.9 Å². The second kappa shape index (κ2) is 8.94. The van der Waals surface area contributed by atoms with Crippen LogP contribution >= 0.6 is 0 Å². The van der Waals surface area contributed by atoms with E-state index in [2.05, 4.69) is 0 Å². The fourth-order valence-corrected chi connectivity index (χ4v) is 3.58. The first kappa shape index (κ1) is 21.7. The van der Waals surface area contributed by atoms with Crippen LogP contribution in [-0.2, 0) is 15.8 Å². The van der Waals surface area contributed by atoms with Crippen molar-refractivity contribution in [2.45, 2.75) is 12.3 Å². The molecule has 2 aliphatic heterocycles. The molecule has 0 aliphatic carbocycles. The highest BCUT2D eigenvalue weighted by Gasteiger charge is 2.33. The lowest BCUT2D eigenvalue weighted by atomic mass is 10.1. The van der Waals surface area contributed by atoms with Gasteiger partial charge in [0.15, 0.2) is 11.5 Å². The molecule has 1 atom stereocenters. The quantitative estimate of drug-likeness (QED) is 0.680. The molecule has 0 radical (unpaired) electrons. The molecule has 0 bridgehead atoms. The minimum Gasteiger partial charge on any atom is -0.485 e. The summed E-state index contributed by atoms with van der Waals surface area (Å²) in [5.41, 5.74) is -0.479. The van der Waals surface area contributed by atoms with Crippen LogP contribution in [0.15, 0.2) is 54.6 Å². The van der Waals surface area contributed by atoms with Crippen molar-refractivity contribution in [3.05, 3.63) is 65.7 Å². The van der Waals surface area contributed by atoms with Gasteiger partial charge >= 0.3 is 6.18 Å². The summed E-state index contributed by atoms with van der Waals surface area (Å²) in [6, 6.07) is 11.9. The first-order valence-electron chi connectivity index (χ1n) is 10.1. The number of piperazine rings is 1. The molecule has 6 nitrogen and oxygen atoms in total. The number of ether oxygens (including phenoxy) is 2. The molecule has 32 heavy (non-hydrogen) atoms. The highest BCUT2D eigenvalue weighted by Crippen LogP contribution is 2.31. The average molecular weight is 446 g/mol. The van der Waals surface area contributed by atoms with E-state index in [9.17, 15) is 22.8 Å². The normalized spacial score (nSPS) is 18.7. The molecule has 0 spiro atoms. The van der Waals surface area contributed by atoms with Crippen LogP contribution in [0.5, 0.6) is 11.5 Å². The molecule has 1 saturated heterocycles. The van der Waals surface area contributed by atoms with Crippen LogP contribution in [0, 0.1) is 0 Å². The third-order valence-electron chi connectivity index (χ3n) is 5.32. The van der Waals surface area contributed by atoms with Crippen LogP contribution in [0.25, 0.3) is 6.08 Å². The Labute approximate surface area is 182 Å². The molecule has 2 amide bonds. The van der Waals surface area contributed by atoms with Crippen molar-refractivity contribution in [1.29, 1.82) is 0 Å². The Morgan fingerprint density at radius 3 is 2.34 bits per heavy atom. The highest BCUT2D eigenvalue weighted by molar-refractivity contribution is 5.92. The number of fused-ring (bicyclic) bond motifs is 1. The van der Waals surface area contributed by atoms with Crippen LogP contribution < -0.4 is 9.47 Å². The third-order valence-corrected chi connectivity index (χ3v) is 5.32. The molecule has 1 fully saturated rings. The number of nitrogens with zero attached hydrogens (tertiary/aromatic N) is 2. The van der Waals surface area contributed by atoms with Gasteiger partial charge in [-0.25, -0.2) is 0 Å². The monoisotopic (exact) mass is 446 g/mol. The zero-order chi connectivity index (χ0) is 22.7. The zero-order valence-electron chi connectivity index (χ0n) is 17.0. The first-order valence-corrected chi connectivity index (χ1v) is 10.1. The van der Waals surface area contributed by atoms with Gasteiger partial charge in [-0.15, -0.1) is 0 Å². The van der Waals surface area contributed by atoms with Crippen molar-refractivity contribution in [3.63, 3.8) is 0 Å². The Bertz CT molecular complexity index is 1030. The summed E-state index contributed by atoms with van der Waals surface area (Å²) in [4.78, 5) is 28.4. The summed E-state index contributed by atoms with van der Waals surface area (Å²) in [6.07, 6.45) is -2.57. The number of para-hydroxylation sites is 2. The Hall–Kier alpha value is -3.49. The van der Waals surface area contributed by atoms with Crippen molar-refractivity contribution >= 4 is 17.9 Å². The molecule has 0 aromatic heterocycles. The molecule has 2 heterocycles. The second-order valence-electron chi connectivity index (χ2n) is 7.47. The number of carbonyl (C=O) groups is 2. The number of rotatable bonds is 3. The van der Waals surface area contributed by atoms with Gasteiger partial charge < -0.3 is 19.3 Å². The van der Waals surface area contributed by atoms with Gasteiger partial charge in [-0.3, -0.25) is 9.59 Å². The SMILES string of the molecule is O=C(/C=C/c1cccc(C(F)(F)F)c1)N1CCN(C(=O)[C@@H]2COc3ccccc3O2)CC1. The van der Waals surface area contributed by atoms with E-state index in [0.717, 1.165) is 12.1 Å². The molecule has 2 aliphatic rings. The number of hydrogen-bond donors (Lipinski definition) is 0. The van der Waals surface area contributed by atoms with Crippen molar-refractivity contribution in [2.75, 3.05) is 32.8 Å². The molecule has 2 aromatic rings. The molecule has 0 N–H and O–H groups in total. The van der Waals surface area contributed by atoms with Gasteiger partial charge in [0.1, 0.15) is 6.61 Å². The van der Waals surface area contributed by atoms with E-state index in [0.29, 0.717) is 37.7 Å². The number of alkyl halides is 3. The number of carbonyl (C=O) groups excluding carboxylic acids is 2. The minimum absolute atomic E-state index is 0.120. The Morgan fingerprint density at radius 1 is 0.938 bits per heavy atom. The number of hydrogen-bond acceptors (Lipinski definition) is 4. The fourth-order valence-electron chi connectivity index (χ4n) is 3.58. The van der Waals surface area contributed by atoms with Crippen molar-refractivity contribution in [1.82, 2.24) is 9.80 Å². The predicted molar refractivity (Wildman–Crippen MR) is 110 cm³/mol. The average Bonchev–Trinajstić information content (AvgIpc) is 2.81. The summed E-state index contributed by atoms with van der Waals surface area (Å²) in [5.74, 6) is 0.594. The number of amides is 2. The maximum Gasteiger partial charge on any atom is 0.416 e. The van der Waals surface area contributed by atoms with Gasteiger partial charge in [0.05, 0.1) is 5.56 Å². The summed E-state index contributed by atoms with van der Waals surface area (Å²) in [5, 5.41) is 0. The summed E-state index contributed by atoms with van der Waals surface area (Å²) >= 11 is 0. The molecule has 2 aromatic carbocycles. The summed E-state index contributed by atoms with van der Waals surface area (Å²) in [7, 11) is 0. The van der Waals surface area contributed by atoms with Gasteiger partial charge in [-0.1, -0.05) is 24.3 Å². The minimum atomic E-state index is -4.44. The Morgan fingerprint density at radius 2 is 1.62 bits per heavy atom. The second-order valence-corrected chi connectivity index (χ2v) is 7.47. The molecule has 4 rings (SSSR count). The summed E-state index contributed by atoms with van der Waals surface area (Å²) in [6.45, 7) is 1.44. The first-order chi connectivity index (χ1) is 15.3. The van der Waals surface area contributed by atoms with Gasteiger partial charge in [0.25, 0.3) is 5.91 Å². The Balaban J connectivity index is 1.30. The van der Waals surface area contributed by atoms with Crippen LogP contribution in [0.3, 0.4) is 0 Å². The molecule has 0 unspecified atom stereocenters. The van der Waals surface area contributed by atoms with E-state index in [1.165, 1.54) is 24.3 Å². The predicted octanol–water partition coefficient (Wildman–Crippen LogP) is 3.23. The lowest BCUT2D eigenvalue weighted by molar-refractivity contribution is -0.145. The van der Waals surface area contributed by atoms with Crippen molar-refractivity contribution in [3.8, 4) is 11.5 Å². The van der Waals surface area contributed by atoms with E-state index in [4.69, 9.17) is 9.47 Å². The van der Waals surface area contributed by atoms with Crippen LogP contribution in [0.4, 0.5) is 13.2 Å². The van der Waals surface area contributed by atoms with Crippen LogP contribution in [0.2, 0.25) is 0 Å². The standard InChI is InChI=1S/C23H21F3N2O4/c24-23(25,26)17-5-3-4-16(14-17)8-9-21(29)27-10-12-28(13-11-27)22(30)20-15-31-18-6-1-2-7-19(18)32-20/h1-9,14,20H,10-13,15H2/b9-8+/t20-/m0/s1. The smallest absolute Gasteiger partial charge is 0.416 e. The van der Waals surface area contributed by atoms with Crippen molar-refractivity contribution in [2.24, 2.45) is 0 Å².